The SMILES string of the molecule is COc1ccc(/C=C2/NC(=S)N(CC3CCCO3)C2=O)cc1COc1ccc(C)cc1Cl. The quantitative estimate of drug-likeness (QED) is 0.474. The van der Waals surface area contributed by atoms with Gasteiger partial charge in [-0.25, -0.2) is 0 Å². The first kappa shape index (κ1) is 22.6. The second-order valence-electron chi connectivity index (χ2n) is 7.83. The number of ether oxygens (including phenoxy) is 3. The van der Waals surface area contributed by atoms with Crippen LogP contribution in [0.2, 0.25) is 5.02 Å². The van der Waals surface area contributed by atoms with Crippen LogP contribution in [0.15, 0.2) is 42.1 Å². The molecule has 32 heavy (non-hydrogen) atoms. The van der Waals surface area contributed by atoms with E-state index in [0.29, 0.717) is 33.9 Å². The summed E-state index contributed by atoms with van der Waals surface area (Å²) in [5.74, 6) is 1.15. The molecule has 2 aromatic rings. The van der Waals surface area contributed by atoms with Gasteiger partial charge in [-0.2, -0.15) is 0 Å². The van der Waals surface area contributed by atoms with Gasteiger partial charge < -0.3 is 19.5 Å². The molecule has 8 heteroatoms. The van der Waals surface area contributed by atoms with Crippen molar-refractivity contribution in [3.05, 3.63) is 63.8 Å². The Bertz CT molecular complexity index is 1070. The minimum Gasteiger partial charge on any atom is -0.496 e. The first-order valence-corrected chi connectivity index (χ1v) is 11.2. The van der Waals surface area contributed by atoms with E-state index in [1.165, 1.54) is 0 Å². The van der Waals surface area contributed by atoms with Crippen LogP contribution in [0, 0.1) is 6.92 Å². The van der Waals surface area contributed by atoms with Crippen molar-refractivity contribution < 1.29 is 19.0 Å². The lowest BCUT2D eigenvalue weighted by Gasteiger charge is -2.18. The Morgan fingerprint density at radius 1 is 1.28 bits per heavy atom. The third-order valence-electron chi connectivity index (χ3n) is 5.46. The van der Waals surface area contributed by atoms with Crippen LogP contribution in [0.5, 0.6) is 11.5 Å². The number of hydrogen-bond acceptors (Lipinski definition) is 5. The second-order valence-corrected chi connectivity index (χ2v) is 8.63. The molecule has 1 atom stereocenters. The van der Waals surface area contributed by atoms with Gasteiger partial charge in [0.2, 0.25) is 0 Å². The van der Waals surface area contributed by atoms with E-state index in [9.17, 15) is 4.79 Å². The molecular formula is C24H25ClN2O4S. The molecule has 2 heterocycles. The fourth-order valence-electron chi connectivity index (χ4n) is 3.78. The van der Waals surface area contributed by atoms with Gasteiger partial charge in [0.15, 0.2) is 5.11 Å². The maximum absolute atomic E-state index is 12.9. The van der Waals surface area contributed by atoms with Crippen LogP contribution in [-0.2, 0) is 16.1 Å². The van der Waals surface area contributed by atoms with Crippen LogP contribution < -0.4 is 14.8 Å². The van der Waals surface area contributed by atoms with Gasteiger partial charge in [-0.05, 0) is 73.5 Å². The highest BCUT2D eigenvalue weighted by atomic mass is 35.5. The fourth-order valence-corrected chi connectivity index (χ4v) is 4.33. The molecule has 0 saturated carbocycles. The van der Waals surface area contributed by atoms with Crippen LogP contribution >= 0.6 is 23.8 Å². The van der Waals surface area contributed by atoms with Crippen LogP contribution in [0.1, 0.15) is 29.5 Å². The van der Waals surface area contributed by atoms with E-state index < -0.39 is 0 Å². The van der Waals surface area contributed by atoms with Crippen molar-refractivity contribution in [3.8, 4) is 11.5 Å². The molecule has 2 aliphatic rings. The zero-order chi connectivity index (χ0) is 22.7. The normalized spacial score (nSPS) is 19.5. The van der Waals surface area contributed by atoms with E-state index in [4.69, 9.17) is 38.0 Å². The molecule has 2 aromatic carbocycles. The number of carbonyl (C=O) groups is 1. The molecule has 6 nitrogen and oxygen atoms in total. The molecule has 0 radical (unpaired) electrons. The number of rotatable bonds is 7. The third kappa shape index (κ3) is 5.06. The maximum Gasteiger partial charge on any atom is 0.276 e. The van der Waals surface area contributed by atoms with Crippen LogP contribution in [0.3, 0.4) is 0 Å². The molecule has 2 saturated heterocycles. The lowest BCUT2D eigenvalue weighted by atomic mass is 10.1. The van der Waals surface area contributed by atoms with Gasteiger partial charge in [-0.15, -0.1) is 0 Å². The summed E-state index contributed by atoms with van der Waals surface area (Å²) in [5, 5.41) is 3.99. The third-order valence-corrected chi connectivity index (χ3v) is 6.08. The zero-order valence-electron chi connectivity index (χ0n) is 18.0. The van der Waals surface area contributed by atoms with E-state index in [-0.39, 0.29) is 18.6 Å². The van der Waals surface area contributed by atoms with Crippen molar-refractivity contribution in [1.29, 1.82) is 0 Å². The first-order valence-electron chi connectivity index (χ1n) is 10.5. The highest BCUT2D eigenvalue weighted by molar-refractivity contribution is 7.80. The minimum absolute atomic E-state index is 0.0383. The number of methoxy groups -OCH3 is 1. The van der Waals surface area contributed by atoms with Crippen LogP contribution in [0.25, 0.3) is 6.08 Å². The predicted molar refractivity (Wildman–Crippen MR) is 128 cm³/mol. The number of carbonyl (C=O) groups excluding carboxylic acids is 1. The van der Waals surface area contributed by atoms with E-state index in [1.54, 1.807) is 18.1 Å². The number of nitrogens with zero attached hydrogens (tertiary/aromatic N) is 1. The van der Waals surface area contributed by atoms with Gasteiger partial charge in [0.05, 0.1) is 24.8 Å². The molecule has 0 aliphatic carbocycles. The van der Waals surface area contributed by atoms with Gasteiger partial charge >= 0.3 is 0 Å². The Morgan fingerprint density at radius 3 is 2.81 bits per heavy atom. The molecule has 0 aromatic heterocycles. The van der Waals surface area contributed by atoms with Gasteiger partial charge in [-0.3, -0.25) is 9.69 Å². The summed E-state index contributed by atoms with van der Waals surface area (Å²) in [7, 11) is 1.61. The summed E-state index contributed by atoms with van der Waals surface area (Å²) < 4.78 is 17.0. The summed E-state index contributed by atoms with van der Waals surface area (Å²) in [6, 6.07) is 11.3. The van der Waals surface area contributed by atoms with Gasteiger partial charge in [0, 0.05) is 12.2 Å². The number of thiocarbonyl (C=S) groups is 1. The molecule has 1 amide bonds. The van der Waals surface area contributed by atoms with Crippen molar-refractivity contribution in [2.24, 2.45) is 0 Å². The first-order chi connectivity index (χ1) is 15.4. The number of aryl methyl sites for hydroxylation is 1. The van der Waals surface area contributed by atoms with Crippen molar-refractivity contribution in [2.45, 2.75) is 32.5 Å². The number of halogens is 1. The largest absolute Gasteiger partial charge is 0.496 e. The maximum atomic E-state index is 12.9. The standard InChI is InChI=1S/C24H25ClN2O4S/c1-15-5-7-22(19(25)10-15)31-14-17-11-16(6-8-21(17)29-2)12-20-23(28)27(24(32)26-20)13-18-4-3-9-30-18/h5-8,10-12,18H,3-4,9,13-14H2,1-2H3,(H,26,32)/b20-12+. The minimum atomic E-state index is -0.148. The average Bonchev–Trinajstić information content (AvgIpc) is 3.37. The number of amides is 1. The molecule has 0 bridgehead atoms. The molecule has 4 rings (SSSR count). The van der Waals surface area contributed by atoms with Crippen LogP contribution in [0.4, 0.5) is 0 Å². The van der Waals surface area contributed by atoms with E-state index in [0.717, 1.165) is 36.1 Å². The van der Waals surface area contributed by atoms with Crippen molar-refractivity contribution in [2.75, 3.05) is 20.3 Å². The van der Waals surface area contributed by atoms with Crippen molar-refractivity contribution >= 4 is 40.9 Å². The van der Waals surface area contributed by atoms with E-state index in [1.807, 2.05) is 43.3 Å². The summed E-state index contributed by atoms with van der Waals surface area (Å²) in [6.07, 6.45) is 3.78. The number of nitrogens with one attached hydrogen (secondary N) is 1. The molecule has 2 aliphatic heterocycles. The van der Waals surface area contributed by atoms with Crippen molar-refractivity contribution in [3.63, 3.8) is 0 Å². The van der Waals surface area contributed by atoms with E-state index in [2.05, 4.69) is 5.32 Å². The lowest BCUT2D eigenvalue weighted by molar-refractivity contribution is -0.123. The summed E-state index contributed by atoms with van der Waals surface area (Å²) in [5.41, 5.74) is 3.17. The van der Waals surface area contributed by atoms with Gasteiger partial charge in [-0.1, -0.05) is 23.7 Å². The Balaban J connectivity index is 1.50. The Kier molecular flexibility index (Phi) is 6.98. The average molecular weight is 473 g/mol. The molecule has 1 unspecified atom stereocenters. The molecule has 1 N–H and O–H groups in total. The number of hydrogen-bond donors (Lipinski definition) is 1. The molecule has 2 fully saturated rings. The number of benzene rings is 2. The molecular weight excluding hydrogens is 448 g/mol. The Hall–Kier alpha value is -2.61. The topological polar surface area (TPSA) is 60.0 Å². The van der Waals surface area contributed by atoms with Crippen LogP contribution in [-0.4, -0.2) is 42.3 Å². The summed E-state index contributed by atoms with van der Waals surface area (Å²) in [6.45, 7) is 3.45. The smallest absolute Gasteiger partial charge is 0.276 e. The van der Waals surface area contributed by atoms with Crippen molar-refractivity contribution in [1.82, 2.24) is 10.2 Å². The molecule has 168 valence electrons. The van der Waals surface area contributed by atoms with Gasteiger partial charge in [0.25, 0.3) is 5.91 Å². The van der Waals surface area contributed by atoms with E-state index >= 15 is 0 Å². The monoisotopic (exact) mass is 472 g/mol. The molecule has 0 spiro atoms. The Labute approximate surface area is 198 Å². The highest BCUT2D eigenvalue weighted by Gasteiger charge is 2.33. The predicted octanol–water partition coefficient (Wildman–Crippen LogP) is 4.47. The van der Waals surface area contributed by atoms with Gasteiger partial charge in [0.1, 0.15) is 23.8 Å². The lowest BCUT2D eigenvalue weighted by Crippen LogP contribution is -2.37. The zero-order valence-corrected chi connectivity index (χ0v) is 19.6. The second kappa shape index (κ2) is 9.90. The fraction of sp³-hybridized carbons (Fsp3) is 0.333. The summed E-state index contributed by atoms with van der Waals surface area (Å²) >= 11 is 11.7. The Morgan fingerprint density at radius 2 is 2.09 bits per heavy atom. The highest BCUT2D eigenvalue weighted by Crippen LogP contribution is 2.28. The summed E-state index contributed by atoms with van der Waals surface area (Å²) in [4.78, 5) is 14.5.